The first kappa shape index (κ1) is 15.1. The summed E-state index contributed by atoms with van der Waals surface area (Å²) in [5.74, 6) is -0.198. The predicted molar refractivity (Wildman–Crippen MR) is 87.2 cm³/mol. The maximum Gasteiger partial charge on any atom is 0.256 e. The van der Waals surface area contributed by atoms with Crippen LogP contribution in [0.25, 0.3) is 0 Å². The highest BCUT2D eigenvalue weighted by molar-refractivity contribution is 7.16. The molecule has 0 atom stereocenters. The Kier molecular flexibility index (Phi) is 4.29. The fourth-order valence-corrected chi connectivity index (χ4v) is 2.96. The molecule has 0 aliphatic heterocycles. The predicted octanol–water partition coefficient (Wildman–Crippen LogP) is 3.55. The van der Waals surface area contributed by atoms with E-state index in [-0.39, 0.29) is 5.91 Å². The summed E-state index contributed by atoms with van der Waals surface area (Å²) in [4.78, 5) is 15.3. The topological polar surface area (TPSA) is 56.1 Å². The van der Waals surface area contributed by atoms with Crippen molar-refractivity contribution in [3.05, 3.63) is 45.8 Å². The van der Waals surface area contributed by atoms with E-state index in [9.17, 15) is 10.1 Å². The molecule has 0 spiro atoms. The molecule has 0 saturated heterocycles. The number of nitrogens with one attached hydrogen (secondary N) is 1. The minimum atomic E-state index is -0.198. The van der Waals surface area contributed by atoms with Gasteiger partial charge in [0.2, 0.25) is 0 Å². The monoisotopic (exact) mass is 299 g/mol. The zero-order chi connectivity index (χ0) is 15.6. The van der Waals surface area contributed by atoms with Crippen LogP contribution in [0.3, 0.4) is 0 Å². The van der Waals surface area contributed by atoms with E-state index in [0.29, 0.717) is 16.1 Å². The number of carbonyl (C=O) groups excluding carboxylic acids is 1. The Morgan fingerprint density at radius 2 is 2.05 bits per heavy atom. The summed E-state index contributed by atoms with van der Waals surface area (Å²) in [5.41, 5.74) is 3.02. The first-order valence-corrected chi connectivity index (χ1v) is 7.34. The van der Waals surface area contributed by atoms with Gasteiger partial charge >= 0.3 is 0 Å². The number of hydrogen-bond acceptors (Lipinski definition) is 4. The van der Waals surface area contributed by atoms with Crippen molar-refractivity contribution < 1.29 is 4.79 Å². The molecule has 1 aromatic heterocycles. The number of nitriles is 1. The van der Waals surface area contributed by atoms with E-state index in [2.05, 4.69) is 11.4 Å². The van der Waals surface area contributed by atoms with E-state index in [1.165, 1.54) is 11.3 Å². The van der Waals surface area contributed by atoms with Gasteiger partial charge in [-0.15, -0.1) is 11.3 Å². The molecule has 0 aliphatic rings. The molecule has 0 saturated carbocycles. The van der Waals surface area contributed by atoms with Crippen molar-refractivity contribution >= 4 is 27.9 Å². The van der Waals surface area contributed by atoms with E-state index in [0.717, 1.165) is 16.1 Å². The maximum atomic E-state index is 12.3. The Morgan fingerprint density at radius 1 is 1.33 bits per heavy atom. The van der Waals surface area contributed by atoms with Crippen LogP contribution in [-0.2, 0) is 0 Å². The van der Waals surface area contributed by atoms with Gasteiger partial charge in [-0.25, -0.2) is 0 Å². The lowest BCUT2D eigenvalue weighted by Gasteiger charge is -2.13. The van der Waals surface area contributed by atoms with Crippen LogP contribution >= 0.6 is 11.3 Å². The van der Waals surface area contributed by atoms with Crippen LogP contribution in [0.4, 0.5) is 10.7 Å². The summed E-state index contributed by atoms with van der Waals surface area (Å²) in [6.07, 6.45) is 0. The molecule has 1 amide bonds. The molecule has 0 fully saturated rings. The molecular formula is C16H17N3OS. The summed E-state index contributed by atoms with van der Waals surface area (Å²) < 4.78 is 0. The largest absolute Gasteiger partial charge is 0.378 e. The Labute approximate surface area is 128 Å². The molecule has 2 aromatic rings. The van der Waals surface area contributed by atoms with Crippen LogP contribution in [-0.4, -0.2) is 20.0 Å². The minimum absolute atomic E-state index is 0.198. The molecule has 0 radical (unpaired) electrons. The lowest BCUT2D eigenvalue weighted by molar-refractivity contribution is 0.102. The number of rotatable bonds is 3. The van der Waals surface area contributed by atoms with Gasteiger partial charge < -0.3 is 10.2 Å². The highest BCUT2D eigenvalue weighted by Gasteiger charge is 2.15. The van der Waals surface area contributed by atoms with Gasteiger partial charge in [0.25, 0.3) is 5.91 Å². The highest BCUT2D eigenvalue weighted by Crippen LogP contribution is 2.32. The van der Waals surface area contributed by atoms with Crippen LogP contribution in [0, 0.1) is 25.2 Å². The second-order valence-electron chi connectivity index (χ2n) is 5.00. The standard InChI is InChI=1S/C16H17N3OS/c1-10-11(2)21-16(14(10)9-17)18-15(20)12-6-5-7-13(8-12)19(3)4/h5-8H,1-4H3,(H,18,20). The summed E-state index contributed by atoms with van der Waals surface area (Å²) in [7, 11) is 3.85. The van der Waals surface area contributed by atoms with Crippen molar-refractivity contribution in [1.82, 2.24) is 0 Å². The van der Waals surface area contributed by atoms with Crippen molar-refractivity contribution in [1.29, 1.82) is 5.26 Å². The van der Waals surface area contributed by atoms with Crippen molar-refractivity contribution in [3.8, 4) is 6.07 Å². The van der Waals surface area contributed by atoms with Crippen LogP contribution < -0.4 is 10.2 Å². The molecule has 0 aliphatic carbocycles. The highest BCUT2D eigenvalue weighted by atomic mass is 32.1. The van der Waals surface area contributed by atoms with Gasteiger partial charge in [-0.1, -0.05) is 6.07 Å². The van der Waals surface area contributed by atoms with E-state index in [1.807, 2.05) is 51.0 Å². The molecular weight excluding hydrogens is 282 g/mol. The first-order chi connectivity index (χ1) is 9.93. The zero-order valence-electron chi connectivity index (χ0n) is 12.5. The summed E-state index contributed by atoms with van der Waals surface area (Å²) in [6, 6.07) is 9.54. The number of amides is 1. The number of nitrogens with zero attached hydrogens (tertiary/aromatic N) is 2. The summed E-state index contributed by atoms with van der Waals surface area (Å²) in [6.45, 7) is 3.84. The number of benzene rings is 1. The van der Waals surface area contributed by atoms with Gasteiger partial charge in [-0.3, -0.25) is 4.79 Å². The molecule has 0 bridgehead atoms. The third-order valence-electron chi connectivity index (χ3n) is 3.35. The number of aryl methyl sites for hydroxylation is 1. The first-order valence-electron chi connectivity index (χ1n) is 6.53. The van der Waals surface area contributed by atoms with Crippen molar-refractivity contribution in [2.75, 3.05) is 24.3 Å². The Balaban J connectivity index is 2.29. The second kappa shape index (κ2) is 5.98. The molecule has 5 heteroatoms. The Hall–Kier alpha value is -2.32. The zero-order valence-corrected chi connectivity index (χ0v) is 13.3. The SMILES string of the molecule is Cc1sc(NC(=O)c2cccc(N(C)C)c2)c(C#N)c1C. The molecule has 1 N–H and O–H groups in total. The smallest absolute Gasteiger partial charge is 0.256 e. The van der Waals surface area contributed by atoms with Crippen LogP contribution in [0.1, 0.15) is 26.4 Å². The second-order valence-corrected chi connectivity index (χ2v) is 6.22. The van der Waals surface area contributed by atoms with Gasteiger partial charge in [0, 0.05) is 30.2 Å². The number of carbonyl (C=O) groups is 1. The number of hydrogen-bond donors (Lipinski definition) is 1. The van der Waals surface area contributed by atoms with Gasteiger partial charge in [-0.05, 0) is 37.6 Å². The van der Waals surface area contributed by atoms with Gasteiger partial charge in [-0.2, -0.15) is 5.26 Å². The van der Waals surface area contributed by atoms with Crippen molar-refractivity contribution in [2.24, 2.45) is 0 Å². The Bertz CT molecular complexity index is 726. The third-order valence-corrected chi connectivity index (χ3v) is 4.47. The summed E-state index contributed by atoms with van der Waals surface area (Å²) >= 11 is 1.43. The lowest BCUT2D eigenvalue weighted by atomic mass is 10.1. The lowest BCUT2D eigenvalue weighted by Crippen LogP contribution is -2.14. The Morgan fingerprint density at radius 3 is 2.67 bits per heavy atom. The fraction of sp³-hybridized carbons (Fsp3) is 0.250. The van der Waals surface area contributed by atoms with Crippen molar-refractivity contribution in [3.63, 3.8) is 0 Å². The molecule has 108 valence electrons. The summed E-state index contributed by atoms with van der Waals surface area (Å²) in [5, 5.41) is 12.7. The normalized spacial score (nSPS) is 10.0. The van der Waals surface area contributed by atoms with E-state index < -0.39 is 0 Å². The quantitative estimate of drug-likeness (QED) is 0.943. The third kappa shape index (κ3) is 3.06. The maximum absolute atomic E-state index is 12.3. The average molecular weight is 299 g/mol. The van der Waals surface area contributed by atoms with Crippen LogP contribution in [0.2, 0.25) is 0 Å². The van der Waals surface area contributed by atoms with E-state index in [1.54, 1.807) is 6.07 Å². The molecule has 1 aromatic carbocycles. The van der Waals surface area contributed by atoms with Gasteiger partial charge in [0.15, 0.2) is 0 Å². The van der Waals surface area contributed by atoms with Crippen LogP contribution in [0.5, 0.6) is 0 Å². The number of anilines is 2. The number of thiophene rings is 1. The molecule has 2 rings (SSSR count). The molecule has 21 heavy (non-hydrogen) atoms. The van der Waals surface area contributed by atoms with E-state index >= 15 is 0 Å². The molecule has 1 heterocycles. The van der Waals surface area contributed by atoms with Gasteiger partial charge in [0.1, 0.15) is 11.1 Å². The van der Waals surface area contributed by atoms with Gasteiger partial charge in [0.05, 0.1) is 5.56 Å². The molecule has 4 nitrogen and oxygen atoms in total. The fourth-order valence-electron chi connectivity index (χ4n) is 1.95. The average Bonchev–Trinajstić information content (AvgIpc) is 2.73. The molecule has 0 unspecified atom stereocenters. The van der Waals surface area contributed by atoms with E-state index in [4.69, 9.17) is 0 Å². The van der Waals surface area contributed by atoms with Crippen molar-refractivity contribution in [2.45, 2.75) is 13.8 Å². The van der Waals surface area contributed by atoms with Crippen LogP contribution in [0.15, 0.2) is 24.3 Å². The minimum Gasteiger partial charge on any atom is -0.378 e.